The van der Waals surface area contributed by atoms with Gasteiger partial charge in [-0.25, -0.2) is 14.6 Å². The average molecular weight is 441 g/mol. The van der Waals surface area contributed by atoms with E-state index in [2.05, 4.69) is 15.3 Å². The summed E-state index contributed by atoms with van der Waals surface area (Å²) < 4.78 is 1.75. The normalized spacial score (nSPS) is 15.2. The number of imidazole rings is 1. The van der Waals surface area contributed by atoms with E-state index in [1.165, 1.54) is 12.1 Å². The number of aromatic amines is 1. The molecule has 1 fully saturated rings. The number of aromatic nitrogens is 3. The molecule has 2 amide bonds. The minimum atomic E-state index is -0.241. The van der Waals surface area contributed by atoms with E-state index in [0.29, 0.717) is 42.2 Å². The number of benzene rings is 1. The molecule has 1 aliphatic heterocycles. The van der Waals surface area contributed by atoms with Crippen molar-refractivity contribution in [2.75, 3.05) is 18.4 Å². The van der Waals surface area contributed by atoms with Crippen LogP contribution in [0.4, 0.5) is 10.5 Å². The highest BCUT2D eigenvalue weighted by Crippen LogP contribution is 2.27. The molecule has 3 aromatic rings. The maximum atomic E-state index is 12.5. The molecule has 28 heavy (non-hydrogen) atoms. The molecular formula is C18H16Cl3N5O2. The molecule has 2 N–H and O–H groups in total. The van der Waals surface area contributed by atoms with Gasteiger partial charge in [0.25, 0.3) is 0 Å². The minimum absolute atomic E-state index is 0.0105. The number of fused-ring (bicyclic) bond motifs is 1. The quantitative estimate of drug-likeness (QED) is 0.573. The number of nitrogens with zero attached hydrogens (tertiary/aromatic N) is 3. The number of pyridine rings is 1. The number of piperidine rings is 1. The zero-order valence-electron chi connectivity index (χ0n) is 14.6. The molecule has 146 valence electrons. The van der Waals surface area contributed by atoms with Crippen molar-refractivity contribution in [3.63, 3.8) is 0 Å². The highest BCUT2D eigenvalue weighted by Gasteiger charge is 2.26. The van der Waals surface area contributed by atoms with Gasteiger partial charge < -0.3 is 15.2 Å². The predicted octanol–water partition coefficient (Wildman–Crippen LogP) is 4.55. The first kappa shape index (κ1) is 19.1. The predicted molar refractivity (Wildman–Crippen MR) is 111 cm³/mol. The molecule has 1 saturated heterocycles. The Hall–Kier alpha value is -2.22. The first-order chi connectivity index (χ1) is 13.4. The van der Waals surface area contributed by atoms with Gasteiger partial charge in [-0.3, -0.25) is 4.57 Å². The molecule has 0 spiro atoms. The maximum absolute atomic E-state index is 12.5. The number of halogens is 3. The van der Waals surface area contributed by atoms with Gasteiger partial charge in [-0.1, -0.05) is 34.8 Å². The van der Waals surface area contributed by atoms with Gasteiger partial charge in [0.15, 0.2) is 0 Å². The average Bonchev–Trinajstić information content (AvgIpc) is 2.95. The van der Waals surface area contributed by atoms with Crippen LogP contribution in [-0.2, 0) is 0 Å². The molecule has 7 nitrogen and oxygen atoms in total. The van der Waals surface area contributed by atoms with E-state index in [1.807, 2.05) is 6.07 Å². The summed E-state index contributed by atoms with van der Waals surface area (Å²) in [6.07, 6.45) is 1.33. The van der Waals surface area contributed by atoms with E-state index < -0.39 is 0 Å². The van der Waals surface area contributed by atoms with Crippen molar-refractivity contribution < 1.29 is 4.79 Å². The Labute approximate surface area is 175 Å². The number of likely N-dealkylation sites (tertiary alicyclic amines) is 1. The lowest BCUT2D eigenvalue weighted by Gasteiger charge is -2.32. The fourth-order valence-corrected chi connectivity index (χ4v) is 4.17. The largest absolute Gasteiger partial charge is 0.326 e. The van der Waals surface area contributed by atoms with E-state index in [-0.39, 0.29) is 28.1 Å². The van der Waals surface area contributed by atoms with Crippen molar-refractivity contribution in [1.82, 2.24) is 19.4 Å². The molecule has 0 aliphatic carbocycles. The van der Waals surface area contributed by atoms with Crippen LogP contribution in [0.5, 0.6) is 0 Å². The molecule has 1 aliphatic rings. The number of carbonyl (C=O) groups excluding carboxylic acids is 1. The number of anilines is 1. The first-order valence-corrected chi connectivity index (χ1v) is 9.83. The minimum Gasteiger partial charge on any atom is -0.324 e. The SMILES string of the molecule is O=C(Nc1cc(Cl)nc(Cl)c1)N1CCC(n2c(=O)[nH]c3cc(Cl)ccc32)CC1. The third kappa shape index (κ3) is 3.83. The zero-order chi connectivity index (χ0) is 19.8. The van der Waals surface area contributed by atoms with Gasteiger partial charge in [0.1, 0.15) is 10.3 Å². The molecule has 0 atom stereocenters. The molecule has 0 saturated carbocycles. The molecule has 3 heterocycles. The van der Waals surface area contributed by atoms with Crippen molar-refractivity contribution in [2.24, 2.45) is 0 Å². The van der Waals surface area contributed by atoms with Gasteiger partial charge in [0, 0.05) is 29.8 Å². The maximum Gasteiger partial charge on any atom is 0.326 e. The number of hydrogen-bond donors (Lipinski definition) is 2. The Balaban J connectivity index is 1.45. The molecule has 0 unspecified atom stereocenters. The van der Waals surface area contributed by atoms with Gasteiger partial charge in [0.05, 0.1) is 11.0 Å². The fourth-order valence-electron chi connectivity index (χ4n) is 3.53. The summed E-state index contributed by atoms with van der Waals surface area (Å²) in [5.74, 6) is 0. The van der Waals surface area contributed by atoms with Crippen LogP contribution in [0, 0.1) is 0 Å². The van der Waals surface area contributed by atoms with E-state index in [1.54, 1.807) is 21.6 Å². The second-order valence-electron chi connectivity index (χ2n) is 6.61. The summed E-state index contributed by atoms with van der Waals surface area (Å²) in [5, 5.41) is 3.77. The summed E-state index contributed by atoms with van der Waals surface area (Å²) in [6, 6.07) is 8.18. The fraction of sp³-hybridized carbons (Fsp3) is 0.278. The number of carbonyl (C=O) groups is 1. The Bertz CT molecular complexity index is 1080. The summed E-state index contributed by atoms with van der Waals surface area (Å²) in [7, 11) is 0. The Morgan fingerprint density at radius 1 is 1.11 bits per heavy atom. The summed E-state index contributed by atoms with van der Waals surface area (Å²) in [6.45, 7) is 1.05. The van der Waals surface area contributed by atoms with Crippen molar-refractivity contribution in [3.05, 3.63) is 56.1 Å². The number of nitrogens with one attached hydrogen (secondary N) is 2. The second kappa shape index (κ2) is 7.66. The smallest absolute Gasteiger partial charge is 0.324 e. The lowest BCUT2D eigenvalue weighted by molar-refractivity contribution is 0.184. The second-order valence-corrected chi connectivity index (χ2v) is 7.82. The molecule has 0 bridgehead atoms. The molecule has 0 radical (unpaired) electrons. The van der Waals surface area contributed by atoms with Gasteiger partial charge in [-0.05, 0) is 43.2 Å². The van der Waals surface area contributed by atoms with Crippen molar-refractivity contribution in [1.29, 1.82) is 0 Å². The lowest BCUT2D eigenvalue weighted by atomic mass is 10.0. The molecule has 2 aromatic heterocycles. The van der Waals surface area contributed by atoms with Crippen LogP contribution in [0.2, 0.25) is 15.3 Å². The van der Waals surface area contributed by atoms with Crippen LogP contribution in [-0.4, -0.2) is 38.6 Å². The third-order valence-electron chi connectivity index (χ3n) is 4.81. The lowest BCUT2D eigenvalue weighted by Crippen LogP contribution is -2.42. The van der Waals surface area contributed by atoms with Gasteiger partial charge in [0.2, 0.25) is 0 Å². The molecule has 10 heteroatoms. The van der Waals surface area contributed by atoms with Crippen LogP contribution >= 0.6 is 34.8 Å². The van der Waals surface area contributed by atoms with Crippen molar-refractivity contribution >= 4 is 57.6 Å². The number of urea groups is 1. The highest BCUT2D eigenvalue weighted by atomic mass is 35.5. The standard InChI is InChI=1S/C18H16Cl3N5O2/c19-10-1-2-14-13(7-10)23-18(28)26(14)12-3-5-25(6-4-12)17(27)22-11-8-15(20)24-16(21)9-11/h1-2,7-9,12H,3-6H2,(H,23,28)(H,22,24,27). The van der Waals surface area contributed by atoms with E-state index in [0.717, 1.165) is 5.52 Å². The van der Waals surface area contributed by atoms with Crippen LogP contribution < -0.4 is 11.0 Å². The van der Waals surface area contributed by atoms with E-state index in [9.17, 15) is 9.59 Å². The van der Waals surface area contributed by atoms with Crippen molar-refractivity contribution in [2.45, 2.75) is 18.9 Å². The first-order valence-electron chi connectivity index (χ1n) is 8.69. The van der Waals surface area contributed by atoms with E-state index >= 15 is 0 Å². The van der Waals surface area contributed by atoms with Gasteiger partial charge >= 0.3 is 11.7 Å². The monoisotopic (exact) mass is 439 g/mol. The Kier molecular flexibility index (Phi) is 5.23. The van der Waals surface area contributed by atoms with Crippen molar-refractivity contribution in [3.8, 4) is 0 Å². The zero-order valence-corrected chi connectivity index (χ0v) is 16.9. The topological polar surface area (TPSA) is 83.0 Å². The Morgan fingerprint density at radius 3 is 2.46 bits per heavy atom. The van der Waals surface area contributed by atoms with E-state index in [4.69, 9.17) is 34.8 Å². The number of H-pyrrole nitrogens is 1. The van der Waals surface area contributed by atoms with Crippen LogP contribution in [0.3, 0.4) is 0 Å². The summed E-state index contributed by atoms with van der Waals surface area (Å²) in [4.78, 5) is 33.3. The highest BCUT2D eigenvalue weighted by molar-refractivity contribution is 6.33. The van der Waals surface area contributed by atoms with Crippen LogP contribution in [0.25, 0.3) is 11.0 Å². The molecule has 1 aromatic carbocycles. The number of amides is 2. The summed E-state index contributed by atoms with van der Waals surface area (Å²) >= 11 is 17.7. The molecular weight excluding hydrogens is 425 g/mol. The molecule has 4 rings (SSSR count). The Morgan fingerprint density at radius 2 is 1.79 bits per heavy atom. The van der Waals surface area contributed by atoms with Gasteiger partial charge in [-0.15, -0.1) is 0 Å². The number of rotatable bonds is 2. The van der Waals surface area contributed by atoms with Crippen LogP contribution in [0.1, 0.15) is 18.9 Å². The van der Waals surface area contributed by atoms with Crippen LogP contribution in [0.15, 0.2) is 35.1 Å². The summed E-state index contributed by atoms with van der Waals surface area (Å²) in [5.41, 5.74) is 1.85. The number of hydrogen-bond acceptors (Lipinski definition) is 3. The van der Waals surface area contributed by atoms with Gasteiger partial charge in [-0.2, -0.15) is 0 Å². The third-order valence-corrected chi connectivity index (χ3v) is 5.43.